The smallest absolute Gasteiger partial charge is 0.321 e. The van der Waals surface area contributed by atoms with E-state index in [1.807, 2.05) is 23.1 Å². The number of ether oxygens (including phenoxy) is 1. The van der Waals surface area contributed by atoms with Crippen LogP contribution in [0.15, 0.2) is 30.3 Å². The molecule has 140 valence electrons. The minimum atomic E-state index is -0.507. The van der Waals surface area contributed by atoms with Gasteiger partial charge in [-0.15, -0.1) is 12.4 Å². The fourth-order valence-corrected chi connectivity index (χ4v) is 3.02. The molecular weight excluding hydrogens is 344 g/mol. The van der Waals surface area contributed by atoms with E-state index in [0.717, 1.165) is 0 Å². The summed E-state index contributed by atoms with van der Waals surface area (Å²) in [5, 5.41) is 4.98. The Bertz CT molecular complexity index is 558. The van der Waals surface area contributed by atoms with Gasteiger partial charge in [-0.2, -0.15) is 0 Å². The molecular formula is C17H27ClN4O3. The predicted molar refractivity (Wildman–Crippen MR) is 98.9 cm³/mol. The second kappa shape index (κ2) is 10.4. The van der Waals surface area contributed by atoms with Gasteiger partial charge in [0.15, 0.2) is 0 Å². The van der Waals surface area contributed by atoms with Gasteiger partial charge in [-0.25, -0.2) is 4.79 Å². The molecule has 0 spiro atoms. The Balaban J connectivity index is 0.00000312. The van der Waals surface area contributed by atoms with Gasteiger partial charge in [-0.05, 0) is 12.5 Å². The quantitative estimate of drug-likeness (QED) is 0.684. The third-order valence-corrected chi connectivity index (χ3v) is 4.08. The van der Waals surface area contributed by atoms with E-state index in [4.69, 9.17) is 10.5 Å². The van der Waals surface area contributed by atoms with E-state index in [-0.39, 0.29) is 42.9 Å². The summed E-state index contributed by atoms with van der Waals surface area (Å²) in [4.78, 5) is 25.7. The van der Waals surface area contributed by atoms with Crippen LogP contribution in [0.1, 0.15) is 18.4 Å². The first kappa shape index (κ1) is 21.4. The van der Waals surface area contributed by atoms with Gasteiger partial charge < -0.3 is 15.8 Å². The number of halogens is 1. The van der Waals surface area contributed by atoms with Crippen LogP contribution in [0.2, 0.25) is 0 Å². The summed E-state index contributed by atoms with van der Waals surface area (Å²) in [5.74, 6) is -0.132. The Morgan fingerprint density at radius 1 is 1.32 bits per heavy atom. The summed E-state index contributed by atoms with van der Waals surface area (Å²) in [6.45, 7) is 3.69. The van der Waals surface area contributed by atoms with Gasteiger partial charge >= 0.3 is 6.03 Å². The van der Waals surface area contributed by atoms with Gasteiger partial charge in [0.2, 0.25) is 5.91 Å². The second-order valence-electron chi connectivity index (χ2n) is 6.25. The van der Waals surface area contributed by atoms with E-state index in [9.17, 15) is 9.59 Å². The van der Waals surface area contributed by atoms with Crippen molar-refractivity contribution in [2.24, 2.45) is 5.73 Å². The van der Waals surface area contributed by atoms with E-state index in [2.05, 4.69) is 22.8 Å². The number of amides is 3. The Morgan fingerprint density at radius 3 is 2.64 bits per heavy atom. The largest absolute Gasteiger partial charge is 0.383 e. The predicted octanol–water partition coefficient (Wildman–Crippen LogP) is 0.696. The van der Waals surface area contributed by atoms with Crippen LogP contribution in [0.4, 0.5) is 4.79 Å². The maximum absolute atomic E-state index is 12.0. The van der Waals surface area contributed by atoms with Crippen LogP contribution in [-0.4, -0.2) is 62.3 Å². The van der Waals surface area contributed by atoms with E-state index in [1.54, 1.807) is 14.0 Å². The fourth-order valence-electron chi connectivity index (χ4n) is 3.02. The molecule has 7 nitrogen and oxygen atoms in total. The summed E-state index contributed by atoms with van der Waals surface area (Å²) in [5.41, 5.74) is 7.39. The van der Waals surface area contributed by atoms with E-state index in [0.29, 0.717) is 19.7 Å². The number of hydrogen-bond acceptors (Lipinski definition) is 5. The lowest BCUT2D eigenvalue weighted by atomic mass is 9.95. The van der Waals surface area contributed by atoms with Crippen molar-refractivity contribution in [3.63, 3.8) is 0 Å². The van der Waals surface area contributed by atoms with Crippen molar-refractivity contribution in [3.8, 4) is 0 Å². The molecule has 0 aliphatic carbocycles. The third kappa shape index (κ3) is 6.62. The standard InChI is InChI=1S/C17H26N4O3.ClH/c1-12(11-24-2)19-17(23)20-16(22)10-21-8-14(15(18)9-21)13-6-4-3-5-7-13;/h3-7,12,14-15H,8-11,18H2,1-2H3,(H2,19,20,22,23);1H/t12?,14-,15+;/m0./s1. The summed E-state index contributed by atoms with van der Waals surface area (Å²) in [6, 6.07) is 9.37. The van der Waals surface area contributed by atoms with E-state index in [1.165, 1.54) is 5.56 Å². The van der Waals surface area contributed by atoms with Crippen molar-refractivity contribution in [1.82, 2.24) is 15.5 Å². The summed E-state index contributed by atoms with van der Waals surface area (Å²) in [7, 11) is 1.56. The van der Waals surface area contributed by atoms with Crippen LogP contribution in [0.25, 0.3) is 0 Å². The molecule has 8 heteroatoms. The average Bonchev–Trinajstić information content (AvgIpc) is 2.88. The molecule has 1 saturated heterocycles. The van der Waals surface area contributed by atoms with Gasteiger partial charge in [-0.1, -0.05) is 30.3 Å². The first-order valence-electron chi connectivity index (χ1n) is 8.11. The first-order valence-corrected chi connectivity index (χ1v) is 8.11. The zero-order chi connectivity index (χ0) is 17.5. The van der Waals surface area contributed by atoms with Crippen LogP contribution < -0.4 is 16.4 Å². The molecule has 2 rings (SSSR count). The number of urea groups is 1. The topological polar surface area (TPSA) is 96.7 Å². The van der Waals surface area contributed by atoms with Crippen molar-refractivity contribution in [2.75, 3.05) is 33.4 Å². The maximum atomic E-state index is 12.0. The zero-order valence-corrected chi connectivity index (χ0v) is 15.4. The van der Waals surface area contributed by atoms with E-state index < -0.39 is 6.03 Å². The highest BCUT2D eigenvalue weighted by atomic mass is 35.5. The third-order valence-electron chi connectivity index (χ3n) is 4.08. The van der Waals surface area contributed by atoms with Gasteiger partial charge in [0.05, 0.1) is 19.2 Å². The van der Waals surface area contributed by atoms with Crippen LogP contribution in [0, 0.1) is 0 Å². The number of nitrogens with zero attached hydrogens (tertiary/aromatic N) is 1. The SMILES string of the molecule is COCC(C)NC(=O)NC(=O)CN1C[C@@H](N)[C@H](c2ccccc2)C1.Cl. The van der Waals surface area contributed by atoms with Gasteiger partial charge in [0.25, 0.3) is 0 Å². The van der Waals surface area contributed by atoms with Crippen molar-refractivity contribution in [2.45, 2.75) is 24.9 Å². The highest BCUT2D eigenvalue weighted by Gasteiger charge is 2.32. The molecule has 25 heavy (non-hydrogen) atoms. The number of likely N-dealkylation sites (tertiary alicyclic amines) is 1. The van der Waals surface area contributed by atoms with Crippen LogP contribution in [0.5, 0.6) is 0 Å². The van der Waals surface area contributed by atoms with Gasteiger partial charge in [0.1, 0.15) is 0 Å². The highest BCUT2D eigenvalue weighted by Crippen LogP contribution is 2.25. The number of rotatable bonds is 6. The molecule has 0 saturated carbocycles. The first-order chi connectivity index (χ1) is 11.5. The summed E-state index contributed by atoms with van der Waals surface area (Å²) in [6.07, 6.45) is 0. The summed E-state index contributed by atoms with van der Waals surface area (Å²) >= 11 is 0. The molecule has 1 aliphatic heterocycles. The Hall–Kier alpha value is -1.67. The van der Waals surface area contributed by atoms with Crippen LogP contribution in [0.3, 0.4) is 0 Å². The minimum absolute atomic E-state index is 0. The van der Waals surface area contributed by atoms with Crippen molar-refractivity contribution in [1.29, 1.82) is 0 Å². The number of benzene rings is 1. The highest BCUT2D eigenvalue weighted by molar-refractivity contribution is 5.95. The number of carbonyl (C=O) groups is 2. The lowest BCUT2D eigenvalue weighted by Crippen LogP contribution is -2.47. The van der Waals surface area contributed by atoms with Crippen molar-refractivity contribution < 1.29 is 14.3 Å². The molecule has 4 N–H and O–H groups in total. The summed E-state index contributed by atoms with van der Waals surface area (Å²) < 4.78 is 4.93. The molecule has 0 bridgehead atoms. The second-order valence-corrected chi connectivity index (χ2v) is 6.25. The maximum Gasteiger partial charge on any atom is 0.321 e. The molecule has 1 unspecified atom stereocenters. The number of hydrogen-bond donors (Lipinski definition) is 3. The minimum Gasteiger partial charge on any atom is -0.383 e. The Kier molecular flexibility index (Phi) is 8.85. The normalized spacial score (nSPS) is 21.2. The van der Waals surface area contributed by atoms with Crippen molar-refractivity contribution >= 4 is 24.3 Å². The lowest BCUT2D eigenvalue weighted by molar-refractivity contribution is -0.120. The van der Waals surface area contributed by atoms with Crippen molar-refractivity contribution in [3.05, 3.63) is 35.9 Å². The fraction of sp³-hybridized carbons (Fsp3) is 0.529. The van der Waals surface area contributed by atoms with Gasteiger partial charge in [-0.3, -0.25) is 15.0 Å². The zero-order valence-electron chi connectivity index (χ0n) is 14.6. The lowest BCUT2D eigenvalue weighted by Gasteiger charge is -2.17. The molecule has 1 aromatic rings. The number of nitrogens with two attached hydrogens (primary N) is 1. The number of imide groups is 1. The Labute approximate surface area is 154 Å². The monoisotopic (exact) mass is 370 g/mol. The molecule has 3 atom stereocenters. The van der Waals surface area contributed by atoms with Crippen LogP contribution in [-0.2, 0) is 9.53 Å². The molecule has 0 aromatic heterocycles. The molecule has 1 aliphatic rings. The molecule has 1 heterocycles. The van der Waals surface area contributed by atoms with Crippen LogP contribution >= 0.6 is 12.4 Å². The number of methoxy groups -OCH3 is 1. The number of nitrogens with one attached hydrogen (secondary N) is 2. The number of carbonyl (C=O) groups excluding carboxylic acids is 2. The molecule has 3 amide bonds. The molecule has 1 fully saturated rings. The Morgan fingerprint density at radius 2 is 2.00 bits per heavy atom. The average molecular weight is 371 g/mol. The molecule has 1 aromatic carbocycles. The van der Waals surface area contributed by atoms with Gasteiger partial charge in [0, 0.05) is 32.2 Å². The van der Waals surface area contributed by atoms with E-state index >= 15 is 0 Å². The molecule has 0 radical (unpaired) electrons.